The van der Waals surface area contributed by atoms with Crippen molar-refractivity contribution >= 4 is 11.8 Å². The van der Waals surface area contributed by atoms with E-state index in [1.807, 2.05) is 30.0 Å². The van der Waals surface area contributed by atoms with Gasteiger partial charge in [-0.25, -0.2) is 0 Å². The zero-order chi connectivity index (χ0) is 19.9. The van der Waals surface area contributed by atoms with Crippen LogP contribution in [0.5, 0.6) is 0 Å². The van der Waals surface area contributed by atoms with Gasteiger partial charge in [0.15, 0.2) is 0 Å². The summed E-state index contributed by atoms with van der Waals surface area (Å²) in [5.74, 6) is 0.00151. The number of nitrogens with one attached hydrogen (secondary N) is 1. The van der Waals surface area contributed by atoms with Crippen LogP contribution in [-0.4, -0.2) is 35.3 Å². The van der Waals surface area contributed by atoms with Gasteiger partial charge in [-0.1, -0.05) is 49.4 Å². The number of hydrogen-bond donors (Lipinski definition) is 1. The third-order valence-corrected chi connectivity index (χ3v) is 5.44. The highest BCUT2D eigenvalue weighted by Gasteiger charge is 2.28. The van der Waals surface area contributed by atoms with Gasteiger partial charge in [-0.05, 0) is 55.9 Å². The van der Waals surface area contributed by atoms with Crippen molar-refractivity contribution in [3.05, 3.63) is 71.3 Å². The van der Waals surface area contributed by atoms with Crippen LogP contribution in [0.25, 0.3) is 0 Å². The molecule has 0 bridgehead atoms. The molecule has 0 saturated carbocycles. The fourth-order valence-electron chi connectivity index (χ4n) is 4.02. The predicted molar refractivity (Wildman–Crippen MR) is 112 cm³/mol. The molecular formula is C24H30N2O2. The van der Waals surface area contributed by atoms with E-state index in [4.69, 9.17) is 0 Å². The quantitative estimate of drug-likeness (QED) is 0.792. The zero-order valence-corrected chi connectivity index (χ0v) is 16.9. The molecule has 0 aliphatic heterocycles. The molecule has 28 heavy (non-hydrogen) atoms. The Labute approximate surface area is 167 Å². The molecule has 0 aromatic heterocycles. The van der Waals surface area contributed by atoms with Gasteiger partial charge < -0.3 is 10.2 Å². The van der Waals surface area contributed by atoms with Crippen LogP contribution in [-0.2, 0) is 17.6 Å². The molecule has 0 radical (unpaired) electrons. The Morgan fingerprint density at radius 2 is 1.75 bits per heavy atom. The summed E-state index contributed by atoms with van der Waals surface area (Å²) in [4.78, 5) is 27.4. The van der Waals surface area contributed by atoms with Gasteiger partial charge in [0.1, 0.15) is 0 Å². The highest BCUT2D eigenvalue weighted by Crippen LogP contribution is 2.25. The van der Waals surface area contributed by atoms with E-state index >= 15 is 0 Å². The van der Waals surface area contributed by atoms with Crippen LogP contribution in [0, 0.1) is 0 Å². The van der Waals surface area contributed by atoms with Gasteiger partial charge in [-0.2, -0.15) is 0 Å². The minimum absolute atomic E-state index is 0.130. The van der Waals surface area contributed by atoms with Gasteiger partial charge in [0, 0.05) is 30.6 Å². The average Bonchev–Trinajstić information content (AvgIpc) is 2.72. The zero-order valence-electron chi connectivity index (χ0n) is 16.9. The lowest BCUT2D eigenvalue weighted by Crippen LogP contribution is -2.46. The Bertz CT molecular complexity index is 803. The van der Waals surface area contributed by atoms with Gasteiger partial charge in [-0.3, -0.25) is 9.59 Å². The molecule has 1 aliphatic rings. The number of benzene rings is 2. The molecular weight excluding hydrogens is 348 g/mol. The third kappa shape index (κ3) is 5.00. The smallest absolute Gasteiger partial charge is 0.251 e. The normalized spacial score (nSPS) is 16.7. The summed E-state index contributed by atoms with van der Waals surface area (Å²) < 4.78 is 0. The van der Waals surface area contributed by atoms with Crippen molar-refractivity contribution in [3.63, 3.8) is 0 Å². The first-order chi connectivity index (χ1) is 13.6. The molecule has 2 aromatic rings. The second-order valence-electron chi connectivity index (χ2n) is 7.70. The van der Waals surface area contributed by atoms with E-state index in [2.05, 4.69) is 36.5 Å². The van der Waals surface area contributed by atoms with Crippen molar-refractivity contribution in [2.24, 2.45) is 0 Å². The minimum Gasteiger partial charge on any atom is -0.349 e. The Morgan fingerprint density at radius 1 is 1.07 bits per heavy atom. The summed E-state index contributed by atoms with van der Waals surface area (Å²) in [5, 5.41) is 2.96. The van der Waals surface area contributed by atoms with Crippen LogP contribution < -0.4 is 5.32 Å². The van der Waals surface area contributed by atoms with E-state index in [-0.39, 0.29) is 23.9 Å². The Balaban J connectivity index is 1.61. The van der Waals surface area contributed by atoms with Crippen LogP contribution in [0.1, 0.15) is 54.6 Å². The topological polar surface area (TPSA) is 49.4 Å². The maximum Gasteiger partial charge on any atom is 0.251 e. The van der Waals surface area contributed by atoms with Crippen LogP contribution >= 0.6 is 0 Å². The van der Waals surface area contributed by atoms with Crippen molar-refractivity contribution in [2.75, 3.05) is 6.54 Å². The molecule has 1 N–H and O–H groups in total. The molecule has 0 saturated heterocycles. The Morgan fingerprint density at radius 3 is 2.46 bits per heavy atom. The molecule has 0 spiro atoms. The van der Waals surface area contributed by atoms with Gasteiger partial charge >= 0.3 is 0 Å². The number of carbonyl (C=O) groups excluding carboxylic acids is 2. The van der Waals surface area contributed by atoms with E-state index in [0.29, 0.717) is 12.0 Å². The molecule has 2 unspecified atom stereocenters. The number of rotatable bonds is 7. The van der Waals surface area contributed by atoms with Crippen molar-refractivity contribution in [2.45, 2.75) is 58.0 Å². The summed E-state index contributed by atoms with van der Waals surface area (Å²) >= 11 is 0. The van der Waals surface area contributed by atoms with Crippen LogP contribution in [0.4, 0.5) is 0 Å². The lowest BCUT2D eigenvalue weighted by Gasteiger charge is -2.36. The lowest BCUT2D eigenvalue weighted by molar-refractivity contribution is -0.134. The SMILES string of the molecule is CCCN(C(=O)CC(C)NC(=O)c1ccccc1)C1CCc2ccccc2C1. The van der Waals surface area contributed by atoms with Gasteiger partial charge in [0.2, 0.25) is 5.91 Å². The number of nitrogens with zero attached hydrogens (tertiary/aromatic N) is 1. The van der Waals surface area contributed by atoms with Gasteiger partial charge in [-0.15, -0.1) is 0 Å². The Kier molecular flexibility index (Phi) is 6.85. The van der Waals surface area contributed by atoms with Crippen molar-refractivity contribution < 1.29 is 9.59 Å². The number of amides is 2. The summed E-state index contributed by atoms with van der Waals surface area (Å²) in [7, 11) is 0. The maximum absolute atomic E-state index is 13.0. The number of fused-ring (bicyclic) bond motifs is 1. The van der Waals surface area contributed by atoms with Crippen molar-refractivity contribution in [3.8, 4) is 0 Å². The maximum atomic E-state index is 13.0. The standard InChI is InChI=1S/C24H30N2O2/c1-3-15-26(22-14-13-19-9-7-8-12-21(19)17-22)23(27)16-18(2)25-24(28)20-10-5-4-6-11-20/h4-12,18,22H,3,13-17H2,1-2H3,(H,25,28). The van der Waals surface area contributed by atoms with E-state index in [1.165, 1.54) is 11.1 Å². The van der Waals surface area contributed by atoms with Crippen LogP contribution in [0.3, 0.4) is 0 Å². The van der Waals surface area contributed by atoms with Crippen molar-refractivity contribution in [1.82, 2.24) is 10.2 Å². The second kappa shape index (κ2) is 9.54. The summed E-state index contributed by atoms with van der Waals surface area (Å²) in [6.45, 7) is 4.78. The molecule has 1 aliphatic carbocycles. The molecule has 2 aromatic carbocycles. The molecule has 4 heteroatoms. The number of aryl methyl sites for hydroxylation is 1. The molecule has 2 amide bonds. The number of carbonyl (C=O) groups is 2. The third-order valence-electron chi connectivity index (χ3n) is 5.44. The fourth-order valence-corrected chi connectivity index (χ4v) is 4.02. The molecule has 4 nitrogen and oxygen atoms in total. The van der Waals surface area contributed by atoms with Crippen LogP contribution in [0.15, 0.2) is 54.6 Å². The molecule has 2 atom stereocenters. The first-order valence-corrected chi connectivity index (χ1v) is 10.3. The number of hydrogen-bond acceptors (Lipinski definition) is 2. The minimum atomic E-state index is -0.199. The van der Waals surface area contributed by atoms with Crippen LogP contribution in [0.2, 0.25) is 0 Å². The lowest BCUT2D eigenvalue weighted by atomic mass is 9.87. The molecule has 0 heterocycles. The molecule has 148 valence electrons. The summed E-state index contributed by atoms with van der Waals surface area (Å²) in [5.41, 5.74) is 3.39. The summed E-state index contributed by atoms with van der Waals surface area (Å²) in [6.07, 6.45) is 4.22. The highest BCUT2D eigenvalue weighted by molar-refractivity contribution is 5.94. The highest BCUT2D eigenvalue weighted by atomic mass is 16.2. The first-order valence-electron chi connectivity index (χ1n) is 10.3. The van der Waals surface area contributed by atoms with E-state index in [0.717, 1.165) is 32.2 Å². The Hall–Kier alpha value is -2.62. The molecule has 3 rings (SSSR count). The largest absolute Gasteiger partial charge is 0.349 e. The molecule has 0 fully saturated rings. The summed E-state index contributed by atoms with van der Waals surface area (Å²) in [6, 6.07) is 17.7. The van der Waals surface area contributed by atoms with E-state index in [1.54, 1.807) is 12.1 Å². The van der Waals surface area contributed by atoms with E-state index in [9.17, 15) is 9.59 Å². The average molecular weight is 379 g/mol. The predicted octanol–water partition coefficient (Wildman–Crippen LogP) is 3.99. The van der Waals surface area contributed by atoms with Gasteiger partial charge in [0.25, 0.3) is 5.91 Å². The van der Waals surface area contributed by atoms with Crippen molar-refractivity contribution in [1.29, 1.82) is 0 Å². The second-order valence-corrected chi connectivity index (χ2v) is 7.70. The monoisotopic (exact) mass is 378 g/mol. The first kappa shape index (κ1) is 20.1. The fraction of sp³-hybridized carbons (Fsp3) is 0.417. The van der Waals surface area contributed by atoms with E-state index < -0.39 is 0 Å². The van der Waals surface area contributed by atoms with Gasteiger partial charge in [0.05, 0.1) is 0 Å².